The minimum atomic E-state index is 0.547. The van der Waals surface area contributed by atoms with Crippen LogP contribution in [0.3, 0.4) is 0 Å². The monoisotopic (exact) mass is 349 g/mol. The highest BCUT2D eigenvalue weighted by atomic mass is 127. The summed E-state index contributed by atoms with van der Waals surface area (Å²) in [5.41, 5.74) is 0. The summed E-state index contributed by atoms with van der Waals surface area (Å²) in [6.45, 7) is 0. The van der Waals surface area contributed by atoms with Crippen molar-refractivity contribution in [2.75, 3.05) is 11.6 Å². The molecule has 88 valence electrons. The first-order valence-corrected chi connectivity index (χ1v) is 7.91. The van der Waals surface area contributed by atoms with Crippen LogP contribution in [0.1, 0.15) is 25.7 Å². The lowest BCUT2D eigenvalue weighted by Gasteiger charge is -2.28. The average molecular weight is 349 g/mol. The lowest BCUT2D eigenvalue weighted by Crippen LogP contribution is -2.29. The van der Waals surface area contributed by atoms with Crippen molar-refractivity contribution < 1.29 is 0 Å². The van der Waals surface area contributed by atoms with Gasteiger partial charge in [-0.1, -0.05) is 6.42 Å². The van der Waals surface area contributed by atoms with Gasteiger partial charge in [0, 0.05) is 27.3 Å². The molecule has 0 aromatic carbocycles. The molecule has 0 radical (unpaired) electrons. The Kier molecular flexibility index (Phi) is 4.69. The van der Waals surface area contributed by atoms with Gasteiger partial charge in [0.05, 0.1) is 0 Å². The predicted octanol–water partition coefficient (Wildman–Crippen LogP) is 3.17. The third-order valence-electron chi connectivity index (χ3n) is 2.91. The van der Waals surface area contributed by atoms with Crippen molar-refractivity contribution >= 4 is 40.3 Å². The molecule has 5 heteroatoms. The third kappa shape index (κ3) is 3.48. The zero-order chi connectivity index (χ0) is 11.4. The van der Waals surface area contributed by atoms with Crippen LogP contribution in [0.25, 0.3) is 0 Å². The lowest BCUT2D eigenvalue weighted by atomic mass is 9.95. The summed E-state index contributed by atoms with van der Waals surface area (Å²) in [5, 5.41) is 4.23. The standard InChI is InChI=1S/C11H16IN3S/c1-16-10-4-2-3-9(5-10)15-11-13-6-8(12)7-14-11/h6-7,9-10H,2-5H2,1H3,(H,13,14,15). The van der Waals surface area contributed by atoms with Gasteiger partial charge >= 0.3 is 0 Å². The van der Waals surface area contributed by atoms with E-state index >= 15 is 0 Å². The summed E-state index contributed by atoms with van der Waals surface area (Å²) in [4.78, 5) is 8.57. The topological polar surface area (TPSA) is 37.8 Å². The fourth-order valence-corrected chi connectivity index (χ4v) is 3.17. The molecule has 0 spiro atoms. The molecule has 3 nitrogen and oxygen atoms in total. The van der Waals surface area contributed by atoms with Crippen molar-refractivity contribution in [2.24, 2.45) is 0 Å². The Morgan fingerprint density at radius 3 is 2.81 bits per heavy atom. The third-order valence-corrected chi connectivity index (χ3v) is 4.56. The van der Waals surface area contributed by atoms with Crippen LogP contribution in [-0.2, 0) is 0 Å². The van der Waals surface area contributed by atoms with E-state index in [0.29, 0.717) is 6.04 Å². The van der Waals surface area contributed by atoms with Crippen LogP contribution in [0.15, 0.2) is 12.4 Å². The maximum absolute atomic E-state index is 4.29. The van der Waals surface area contributed by atoms with E-state index in [0.717, 1.165) is 14.8 Å². The van der Waals surface area contributed by atoms with Gasteiger partial charge in [0.2, 0.25) is 5.95 Å². The molecule has 2 unspecified atom stereocenters. The summed E-state index contributed by atoms with van der Waals surface area (Å²) in [5.74, 6) is 0.771. The van der Waals surface area contributed by atoms with Crippen molar-refractivity contribution in [3.05, 3.63) is 16.0 Å². The zero-order valence-corrected chi connectivity index (χ0v) is 12.3. The van der Waals surface area contributed by atoms with Crippen LogP contribution in [0.5, 0.6) is 0 Å². The largest absolute Gasteiger partial charge is 0.351 e. The van der Waals surface area contributed by atoms with Crippen LogP contribution in [0.2, 0.25) is 0 Å². The summed E-state index contributed by atoms with van der Waals surface area (Å²) >= 11 is 4.20. The molecule has 1 aromatic rings. The van der Waals surface area contributed by atoms with Gasteiger partial charge < -0.3 is 5.32 Å². The van der Waals surface area contributed by atoms with Gasteiger partial charge in [-0.2, -0.15) is 11.8 Å². The molecular weight excluding hydrogens is 333 g/mol. The molecule has 1 aromatic heterocycles. The maximum Gasteiger partial charge on any atom is 0.222 e. The molecule has 0 bridgehead atoms. The lowest BCUT2D eigenvalue weighted by molar-refractivity contribution is 0.471. The molecular formula is C11H16IN3S. The summed E-state index contributed by atoms with van der Waals surface area (Å²) in [6.07, 6.45) is 11.0. The van der Waals surface area contributed by atoms with Gasteiger partial charge in [0.25, 0.3) is 0 Å². The van der Waals surface area contributed by atoms with E-state index < -0.39 is 0 Å². The number of thioether (sulfide) groups is 1. The predicted molar refractivity (Wildman–Crippen MR) is 77.9 cm³/mol. The summed E-state index contributed by atoms with van der Waals surface area (Å²) in [7, 11) is 0. The normalized spacial score (nSPS) is 25.4. The van der Waals surface area contributed by atoms with Crippen molar-refractivity contribution in [3.63, 3.8) is 0 Å². The first-order chi connectivity index (χ1) is 7.78. The summed E-state index contributed by atoms with van der Waals surface area (Å²) < 4.78 is 1.08. The molecule has 16 heavy (non-hydrogen) atoms. The van der Waals surface area contributed by atoms with Gasteiger partial charge in [0.15, 0.2) is 0 Å². The molecule has 2 rings (SSSR count). The Labute approximate surface area is 114 Å². The number of hydrogen-bond acceptors (Lipinski definition) is 4. The number of nitrogens with one attached hydrogen (secondary N) is 1. The van der Waals surface area contributed by atoms with Crippen molar-refractivity contribution in [1.29, 1.82) is 0 Å². The van der Waals surface area contributed by atoms with E-state index in [4.69, 9.17) is 0 Å². The van der Waals surface area contributed by atoms with Crippen molar-refractivity contribution in [3.8, 4) is 0 Å². The molecule has 1 saturated carbocycles. The van der Waals surface area contributed by atoms with E-state index in [1.54, 1.807) is 0 Å². The van der Waals surface area contributed by atoms with E-state index in [1.165, 1.54) is 25.7 Å². The second-order valence-electron chi connectivity index (χ2n) is 4.09. The van der Waals surface area contributed by atoms with Crippen LogP contribution in [0, 0.1) is 3.57 Å². The van der Waals surface area contributed by atoms with Crippen LogP contribution in [-0.4, -0.2) is 27.5 Å². The minimum absolute atomic E-state index is 0.547. The van der Waals surface area contributed by atoms with Gasteiger partial charge in [0.1, 0.15) is 0 Å². The van der Waals surface area contributed by atoms with Crippen molar-refractivity contribution in [1.82, 2.24) is 9.97 Å². The molecule has 1 heterocycles. The maximum atomic E-state index is 4.29. The average Bonchev–Trinajstić information content (AvgIpc) is 2.32. The van der Waals surface area contributed by atoms with E-state index in [9.17, 15) is 0 Å². The van der Waals surface area contributed by atoms with Gasteiger partial charge in [-0.05, 0) is 48.1 Å². The van der Waals surface area contributed by atoms with E-state index in [2.05, 4.69) is 44.1 Å². The molecule has 1 fully saturated rings. The second-order valence-corrected chi connectivity index (χ2v) is 6.47. The quantitative estimate of drug-likeness (QED) is 0.851. The van der Waals surface area contributed by atoms with Crippen molar-refractivity contribution in [2.45, 2.75) is 37.0 Å². The van der Waals surface area contributed by atoms with Gasteiger partial charge in [-0.25, -0.2) is 9.97 Å². The van der Waals surface area contributed by atoms with Crippen LogP contribution in [0.4, 0.5) is 5.95 Å². The molecule has 0 saturated heterocycles. The Morgan fingerprint density at radius 2 is 2.12 bits per heavy atom. The number of nitrogens with zero attached hydrogens (tertiary/aromatic N) is 2. The molecule has 1 N–H and O–H groups in total. The highest BCUT2D eigenvalue weighted by Gasteiger charge is 2.21. The molecule has 2 atom stereocenters. The first-order valence-electron chi connectivity index (χ1n) is 5.55. The minimum Gasteiger partial charge on any atom is -0.351 e. The van der Waals surface area contributed by atoms with E-state index in [1.807, 2.05) is 24.2 Å². The van der Waals surface area contributed by atoms with Gasteiger partial charge in [-0.15, -0.1) is 0 Å². The van der Waals surface area contributed by atoms with Crippen LogP contribution < -0.4 is 5.32 Å². The number of hydrogen-bond donors (Lipinski definition) is 1. The Bertz CT molecular complexity index is 331. The number of aromatic nitrogens is 2. The Morgan fingerprint density at radius 1 is 1.38 bits per heavy atom. The molecule has 1 aliphatic rings. The van der Waals surface area contributed by atoms with E-state index in [-0.39, 0.29) is 0 Å². The molecule has 0 amide bonds. The summed E-state index contributed by atoms with van der Waals surface area (Å²) in [6, 6.07) is 0.547. The number of anilines is 1. The zero-order valence-electron chi connectivity index (χ0n) is 9.32. The SMILES string of the molecule is CSC1CCCC(Nc2ncc(I)cn2)C1. The molecule has 1 aliphatic carbocycles. The first kappa shape index (κ1) is 12.4. The van der Waals surface area contributed by atoms with Gasteiger partial charge in [-0.3, -0.25) is 0 Å². The Balaban J connectivity index is 1.91. The van der Waals surface area contributed by atoms with Crippen LogP contribution >= 0.6 is 34.4 Å². The fraction of sp³-hybridized carbons (Fsp3) is 0.636. The smallest absolute Gasteiger partial charge is 0.222 e. The highest BCUT2D eigenvalue weighted by molar-refractivity contribution is 14.1. The number of rotatable bonds is 3. The second kappa shape index (κ2) is 6.05. The highest BCUT2D eigenvalue weighted by Crippen LogP contribution is 2.28. The Hall–Kier alpha value is -0.0400. The number of halogens is 1. The molecule has 0 aliphatic heterocycles. The fourth-order valence-electron chi connectivity index (χ4n) is 2.06.